The Kier molecular flexibility index (Phi) is 5.99. The minimum atomic E-state index is -3.44. The van der Waals surface area contributed by atoms with E-state index in [0.29, 0.717) is 30.3 Å². The van der Waals surface area contributed by atoms with Crippen molar-refractivity contribution in [2.45, 2.75) is 24.2 Å². The number of piperidine rings is 1. The van der Waals surface area contributed by atoms with E-state index in [2.05, 4.69) is 4.90 Å². The van der Waals surface area contributed by atoms with E-state index in [9.17, 15) is 13.2 Å². The number of carbonyl (C=O) groups excluding carboxylic acids is 1. The number of hydrogen-bond donors (Lipinski definition) is 0. The number of benzene rings is 1. The van der Waals surface area contributed by atoms with E-state index < -0.39 is 10.0 Å². The lowest BCUT2D eigenvalue weighted by atomic mass is 9.83. The second kappa shape index (κ2) is 8.06. The monoisotopic (exact) mass is 379 g/mol. The van der Waals surface area contributed by atoms with Crippen molar-refractivity contribution < 1.29 is 13.2 Å². The molecule has 3 rings (SSSR count). The van der Waals surface area contributed by atoms with Crippen LogP contribution < -0.4 is 0 Å². The fraction of sp³-hybridized carbons (Fsp3) is 0.632. The quantitative estimate of drug-likeness (QED) is 0.778. The molecule has 0 unspecified atom stereocenters. The van der Waals surface area contributed by atoms with Crippen LogP contribution >= 0.6 is 0 Å². The molecule has 2 aliphatic rings. The third-order valence-electron chi connectivity index (χ3n) is 5.61. The van der Waals surface area contributed by atoms with Crippen LogP contribution in [0.25, 0.3) is 0 Å². The molecule has 0 aromatic heterocycles. The molecule has 0 aliphatic carbocycles. The summed E-state index contributed by atoms with van der Waals surface area (Å²) in [5.74, 6) is 0.781. The molecule has 0 spiro atoms. The van der Waals surface area contributed by atoms with E-state index >= 15 is 0 Å². The largest absolute Gasteiger partial charge is 0.341 e. The van der Waals surface area contributed by atoms with Gasteiger partial charge in [0.2, 0.25) is 15.9 Å². The fourth-order valence-corrected chi connectivity index (χ4v) is 5.49. The molecule has 144 valence electrons. The molecule has 0 radical (unpaired) electrons. The van der Waals surface area contributed by atoms with Crippen molar-refractivity contribution in [3.63, 3.8) is 0 Å². The van der Waals surface area contributed by atoms with Gasteiger partial charge in [-0.15, -0.1) is 0 Å². The molecule has 2 atom stereocenters. The van der Waals surface area contributed by atoms with Gasteiger partial charge < -0.3 is 9.80 Å². The Bertz CT molecular complexity index is 721. The zero-order valence-corrected chi connectivity index (χ0v) is 16.5. The summed E-state index contributed by atoms with van der Waals surface area (Å²) >= 11 is 0. The molecule has 2 heterocycles. The van der Waals surface area contributed by atoms with Crippen molar-refractivity contribution in [1.82, 2.24) is 14.1 Å². The summed E-state index contributed by atoms with van der Waals surface area (Å²) in [7, 11) is 0.572. The Morgan fingerprint density at radius 1 is 1.08 bits per heavy atom. The minimum absolute atomic E-state index is 0.221. The molecule has 1 aromatic carbocycles. The van der Waals surface area contributed by atoms with Crippen molar-refractivity contribution in [2.24, 2.45) is 11.8 Å². The van der Waals surface area contributed by atoms with Crippen LogP contribution in [0.3, 0.4) is 0 Å². The number of nitrogens with zero attached hydrogens (tertiary/aromatic N) is 3. The summed E-state index contributed by atoms with van der Waals surface area (Å²) in [4.78, 5) is 16.9. The zero-order chi connectivity index (χ0) is 18.7. The van der Waals surface area contributed by atoms with Gasteiger partial charge in [0.15, 0.2) is 0 Å². The van der Waals surface area contributed by atoms with Crippen LogP contribution in [0.2, 0.25) is 0 Å². The third kappa shape index (κ3) is 4.27. The van der Waals surface area contributed by atoms with Crippen molar-refractivity contribution in [3.05, 3.63) is 30.3 Å². The Labute approximate surface area is 156 Å². The summed E-state index contributed by atoms with van der Waals surface area (Å²) < 4.78 is 27.4. The van der Waals surface area contributed by atoms with E-state index in [0.717, 1.165) is 32.5 Å². The van der Waals surface area contributed by atoms with Gasteiger partial charge in [-0.1, -0.05) is 18.2 Å². The van der Waals surface area contributed by atoms with Crippen LogP contribution in [0.4, 0.5) is 0 Å². The van der Waals surface area contributed by atoms with Crippen LogP contribution in [-0.2, 0) is 14.8 Å². The Balaban J connectivity index is 1.68. The maximum Gasteiger partial charge on any atom is 0.243 e. The van der Waals surface area contributed by atoms with Crippen molar-refractivity contribution in [1.29, 1.82) is 0 Å². The van der Waals surface area contributed by atoms with E-state index in [1.54, 1.807) is 28.6 Å². The number of hydrogen-bond acceptors (Lipinski definition) is 4. The molecule has 2 fully saturated rings. The van der Waals surface area contributed by atoms with Crippen LogP contribution in [0.15, 0.2) is 35.2 Å². The van der Waals surface area contributed by atoms with Gasteiger partial charge in [-0.2, -0.15) is 4.31 Å². The van der Waals surface area contributed by atoms with Crippen molar-refractivity contribution >= 4 is 15.9 Å². The highest BCUT2D eigenvalue weighted by molar-refractivity contribution is 7.89. The molecule has 0 N–H and O–H groups in total. The number of amides is 1. The standard InChI is InChI=1S/C19H29N3O3S/c1-20(2)12-13-21-10-8-17-15-22(11-9-16(17)14-19(21)23)26(24,25)18-6-4-3-5-7-18/h3-7,16-17H,8-15H2,1-2H3/t16-,17+/m0/s1. The number of sulfonamides is 1. The Hall–Kier alpha value is -1.44. The molecule has 26 heavy (non-hydrogen) atoms. The first-order valence-electron chi connectivity index (χ1n) is 9.35. The first kappa shape index (κ1) is 19.3. The highest BCUT2D eigenvalue weighted by atomic mass is 32.2. The van der Waals surface area contributed by atoms with Crippen LogP contribution in [-0.4, -0.2) is 75.2 Å². The van der Waals surface area contributed by atoms with Gasteiger partial charge in [0, 0.05) is 39.1 Å². The molecule has 0 saturated carbocycles. The van der Waals surface area contributed by atoms with E-state index in [1.807, 2.05) is 25.1 Å². The number of likely N-dealkylation sites (tertiary alicyclic amines) is 1. The van der Waals surface area contributed by atoms with Gasteiger partial charge in [-0.25, -0.2) is 8.42 Å². The van der Waals surface area contributed by atoms with E-state index in [4.69, 9.17) is 0 Å². The van der Waals surface area contributed by atoms with Gasteiger partial charge in [0.25, 0.3) is 0 Å². The maximum absolute atomic E-state index is 12.9. The molecular weight excluding hydrogens is 350 g/mol. The van der Waals surface area contributed by atoms with Crippen LogP contribution in [0.1, 0.15) is 19.3 Å². The lowest BCUT2D eigenvalue weighted by Crippen LogP contribution is -2.43. The molecule has 2 aliphatic heterocycles. The Morgan fingerprint density at radius 3 is 2.46 bits per heavy atom. The molecule has 0 bridgehead atoms. The van der Waals surface area contributed by atoms with Gasteiger partial charge in [0.1, 0.15) is 0 Å². The minimum Gasteiger partial charge on any atom is -0.341 e. The van der Waals surface area contributed by atoms with Crippen molar-refractivity contribution in [3.8, 4) is 0 Å². The highest BCUT2D eigenvalue weighted by Gasteiger charge is 2.38. The van der Waals surface area contributed by atoms with Gasteiger partial charge in [0.05, 0.1) is 4.90 Å². The highest BCUT2D eigenvalue weighted by Crippen LogP contribution is 2.34. The maximum atomic E-state index is 12.9. The van der Waals surface area contributed by atoms with E-state index in [-0.39, 0.29) is 11.8 Å². The smallest absolute Gasteiger partial charge is 0.243 e. The molecule has 7 heteroatoms. The van der Waals surface area contributed by atoms with Gasteiger partial charge in [-0.3, -0.25) is 4.79 Å². The molecular formula is C19H29N3O3S. The van der Waals surface area contributed by atoms with E-state index in [1.165, 1.54) is 0 Å². The zero-order valence-electron chi connectivity index (χ0n) is 15.7. The summed E-state index contributed by atoms with van der Waals surface area (Å²) in [5.41, 5.74) is 0. The number of likely N-dealkylation sites (N-methyl/N-ethyl adjacent to an activating group) is 1. The first-order chi connectivity index (χ1) is 12.4. The SMILES string of the molecule is CN(C)CCN1CC[C@@H]2CN(S(=O)(=O)c3ccccc3)CC[C@H]2CC1=O. The second-order valence-electron chi connectivity index (χ2n) is 7.66. The van der Waals surface area contributed by atoms with Gasteiger partial charge in [-0.05, 0) is 50.9 Å². The molecule has 2 saturated heterocycles. The van der Waals surface area contributed by atoms with Crippen molar-refractivity contribution in [2.75, 3.05) is 46.8 Å². The molecule has 6 nitrogen and oxygen atoms in total. The predicted molar refractivity (Wildman–Crippen MR) is 101 cm³/mol. The first-order valence-corrected chi connectivity index (χ1v) is 10.8. The average molecular weight is 380 g/mol. The topological polar surface area (TPSA) is 60.9 Å². The second-order valence-corrected chi connectivity index (χ2v) is 9.60. The fourth-order valence-electron chi connectivity index (χ4n) is 3.96. The number of carbonyl (C=O) groups is 1. The summed E-state index contributed by atoms with van der Waals surface area (Å²) in [6, 6.07) is 8.64. The molecule has 1 amide bonds. The van der Waals surface area contributed by atoms with Gasteiger partial charge >= 0.3 is 0 Å². The summed E-state index contributed by atoms with van der Waals surface area (Å²) in [6.07, 6.45) is 2.20. The predicted octanol–water partition coefficient (Wildman–Crippen LogP) is 1.50. The Morgan fingerprint density at radius 2 is 1.77 bits per heavy atom. The number of fused-ring (bicyclic) bond motifs is 1. The normalized spacial score (nSPS) is 25.2. The van der Waals surface area contributed by atoms with Crippen LogP contribution in [0.5, 0.6) is 0 Å². The van der Waals surface area contributed by atoms with Crippen LogP contribution in [0, 0.1) is 11.8 Å². The number of rotatable bonds is 5. The lowest BCUT2D eigenvalue weighted by Gasteiger charge is -2.36. The lowest BCUT2D eigenvalue weighted by molar-refractivity contribution is -0.131. The summed E-state index contributed by atoms with van der Waals surface area (Å²) in [5, 5.41) is 0. The average Bonchev–Trinajstić information content (AvgIpc) is 2.78. The summed E-state index contributed by atoms with van der Waals surface area (Å²) in [6.45, 7) is 3.36. The third-order valence-corrected chi connectivity index (χ3v) is 7.49. The molecule has 1 aromatic rings.